The zero-order chi connectivity index (χ0) is 20.6. The topological polar surface area (TPSA) is 79.3 Å². The van der Waals surface area contributed by atoms with Crippen LogP contribution in [0.2, 0.25) is 0 Å². The van der Waals surface area contributed by atoms with Gasteiger partial charge in [0.1, 0.15) is 0 Å². The van der Waals surface area contributed by atoms with Gasteiger partial charge in [0.2, 0.25) is 5.91 Å². The Hall–Kier alpha value is -2.67. The molecule has 7 nitrogen and oxygen atoms in total. The molecule has 0 radical (unpaired) electrons. The van der Waals surface area contributed by atoms with E-state index in [1.807, 2.05) is 32.0 Å². The van der Waals surface area contributed by atoms with Crippen LogP contribution in [-0.4, -0.2) is 52.7 Å². The van der Waals surface area contributed by atoms with E-state index in [1.165, 1.54) is 25.7 Å². The molecular formula is C22H31N5O2. The zero-order valence-corrected chi connectivity index (χ0v) is 17.4. The van der Waals surface area contributed by atoms with Crippen molar-refractivity contribution in [3.05, 3.63) is 41.7 Å². The summed E-state index contributed by atoms with van der Waals surface area (Å²) in [5, 5.41) is 10.3. The molecule has 1 fully saturated rings. The van der Waals surface area contributed by atoms with Gasteiger partial charge in [0, 0.05) is 25.1 Å². The van der Waals surface area contributed by atoms with Crippen LogP contribution in [0.4, 0.5) is 5.69 Å². The third kappa shape index (κ3) is 5.90. The van der Waals surface area contributed by atoms with Crippen LogP contribution in [0.25, 0.3) is 5.69 Å². The van der Waals surface area contributed by atoms with Crippen molar-refractivity contribution in [2.24, 2.45) is 0 Å². The highest BCUT2D eigenvalue weighted by Crippen LogP contribution is 2.18. The molecule has 0 atom stereocenters. The summed E-state index contributed by atoms with van der Waals surface area (Å²) >= 11 is 0. The Labute approximate surface area is 172 Å². The number of aryl methyl sites for hydroxylation is 1. The molecule has 1 aliphatic rings. The molecule has 2 aromatic rings. The van der Waals surface area contributed by atoms with Crippen molar-refractivity contribution in [1.82, 2.24) is 20.0 Å². The van der Waals surface area contributed by atoms with E-state index in [9.17, 15) is 9.59 Å². The lowest BCUT2D eigenvalue weighted by atomic mass is 10.2. The maximum absolute atomic E-state index is 12.6. The van der Waals surface area contributed by atoms with Gasteiger partial charge in [-0.2, -0.15) is 5.10 Å². The molecule has 7 heteroatoms. The van der Waals surface area contributed by atoms with E-state index in [0.29, 0.717) is 24.2 Å². The van der Waals surface area contributed by atoms with Crippen molar-refractivity contribution in [3.63, 3.8) is 0 Å². The van der Waals surface area contributed by atoms with E-state index in [4.69, 9.17) is 0 Å². The van der Waals surface area contributed by atoms with Crippen molar-refractivity contribution in [1.29, 1.82) is 0 Å². The minimum Gasteiger partial charge on any atom is -0.351 e. The number of aromatic nitrogens is 2. The molecule has 3 rings (SSSR count). The highest BCUT2D eigenvalue weighted by molar-refractivity contribution is 5.94. The van der Waals surface area contributed by atoms with Gasteiger partial charge >= 0.3 is 0 Å². The van der Waals surface area contributed by atoms with Crippen molar-refractivity contribution in [2.75, 3.05) is 31.5 Å². The first-order valence-corrected chi connectivity index (χ1v) is 10.5. The number of benzene rings is 1. The van der Waals surface area contributed by atoms with Crippen molar-refractivity contribution < 1.29 is 9.59 Å². The van der Waals surface area contributed by atoms with Gasteiger partial charge in [0.25, 0.3) is 5.91 Å². The molecule has 1 aliphatic heterocycles. The van der Waals surface area contributed by atoms with Gasteiger partial charge in [0.05, 0.1) is 23.3 Å². The average molecular weight is 398 g/mol. The van der Waals surface area contributed by atoms with Gasteiger partial charge in [-0.3, -0.25) is 9.59 Å². The first-order chi connectivity index (χ1) is 14.1. The van der Waals surface area contributed by atoms with Crippen LogP contribution in [0, 0.1) is 6.92 Å². The summed E-state index contributed by atoms with van der Waals surface area (Å²) in [6.07, 6.45) is 7.32. The highest BCUT2D eigenvalue weighted by Gasteiger charge is 2.12. The fourth-order valence-electron chi connectivity index (χ4n) is 3.53. The van der Waals surface area contributed by atoms with Crippen molar-refractivity contribution in [2.45, 2.75) is 46.0 Å². The Morgan fingerprint density at radius 3 is 2.62 bits per heavy atom. The number of rotatable bonds is 7. The van der Waals surface area contributed by atoms with Gasteiger partial charge in [-0.25, -0.2) is 4.68 Å². The summed E-state index contributed by atoms with van der Waals surface area (Å²) in [5.74, 6) is -0.129. The van der Waals surface area contributed by atoms with E-state index in [0.717, 1.165) is 31.0 Å². The second-order valence-corrected chi connectivity index (χ2v) is 7.54. The van der Waals surface area contributed by atoms with Crippen LogP contribution >= 0.6 is 0 Å². The smallest absolute Gasteiger partial charge is 0.251 e. The van der Waals surface area contributed by atoms with Gasteiger partial charge in [-0.15, -0.1) is 0 Å². The molecule has 1 saturated heterocycles. The van der Waals surface area contributed by atoms with Crippen LogP contribution in [0.3, 0.4) is 0 Å². The van der Waals surface area contributed by atoms with E-state index in [-0.39, 0.29) is 11.8 Å². The van der Waals surface area contributed by atoms with E-state index >= 15 is 0 Å². The van der Waals surface area contributed by atoms with Gasteiger partial charge in [-0.1, -0.05) is 25.8 Å². The number of anilines is 1. The Morgan fingerprint density at radius 2 is 1.90 bits per heavy atom. The van der Waals surface area contributed by atoms with Crippen molar-refractivity contribution >= 4 is 17.5 Å². The second kappa shape index (κ2) is 10.2. The van der Waals surface area contributed by atoms with Crippen LogP contribution in [0.1, 0.15) is 55.1 Å². The van der Waals surface area contributed by atoms with E-state index in [1.54, 1.807) is 16.9 Å². The lowest BCUT2D eigenvalue weighted by molar-refractivity contribution is -0.115. The van der Waals surface area contributed by atoms with Crippen LogP contribution in [0.15, 0.2) is 30.5 Å². The number of amides is 2. The number of carbonyl (C=O) groups is 2. The quantitative estimate of drug-likeness (QED) is 0.752. The molecule has 2 heterocycles. The number of nitrogens with zero attached hydrogens (tertiary/aromatic N) is 3. The van der Waals surface area contributed by atoms with Crippen molar-refractivity contribution in [3.8, 4) is 5.69 Å². The third-order valence-electron chi connectivity index (χ3n) is 5.28. The highest BCUT2D eigenvalue weighted by atomic mass is 16.2. The standard InChI is InChI=1S/C22H31N5O2/c1-3-21(28)24-20-16-27(25-17(20)2)19-10-8-9-18(15-19)22(29)23-11-14-26-12-6-4-5-7-13-26/h8-10,15-16H,3-7,11-14H2,1-2H3,(H,23,29)(H,24,28). The molecule has 156 valence electrons. The van der Waals surface area contributed by atoms with Gasteiger partial charge in [0.15, 0.2) is 0 Å². The van der Waals surface area contributed by atoms with E-state index in [2.05, 4.69) is 20.6 Å². The monoisotopic (exact) mass is 397 g/mol. The number of likely N-dealkylation sites (tertiary alicyclic amines) is 1. The van der Waals surface area contributed by atoms with Gasteiger partial charge < -0.3 is 15.5 Å². The van der Waals surface area contributed by atoms with E-state index < -0.39 is 0 Å². The largest absolute Gasteiger partial charge is 0.351 e. The Balaban J connectivity index is 1.60. The zero-order valence-electron chi connectivity index (χ0n) is 17.4. The maximum atomic E-state index is 12.6. The third-order valence-corrected chi connectivity index (χ3v) is 5.28. The summed E-state index contributed by atoms with van der Waals surface area (Å²) in [5.41, 5.74) is 2.80. The molecule has 1 aromatic heterocycles. The lowest BCUT2D eigenvalue weighted by Gasteiger charge is -2.19. The Kier molecular flexibility index (Phi) is 7.41. The average Bonchev–Trinajstić information content (AvgIpc) is 2.92. The van der Waals surface area contributed by atoms with Crippen LogP contribution in [0.5, 0.6) is 0 Å². The normalized spacial score (nSPS) is 15.0. The minimum atomic E-state index is -0.0786. The Morgan fingerprint density at radius 1 is 1.14 bits per heavy atom. The predicted molar refractivity (Wildman–Crippen MR) is 114 cm³/mol. The predicted octanol–water partition coefficient (Wildman–Crippen LogP) is 3.14. The first kappa shape index (κ1) is 21.0. The number of nitrogens with one attached hydrogen (secondary N) is 2. The molecule has 0 unspecified atom stereocenters. The fourth-order valence-corrected chi connectivity index (χ4v) is 3.53. The molecule has 2 amide bonds. The minimum absolute atomic E-state index is 0.0508. The molecule has 0 bridgehead atoms. The number of carbonyl (C=O) groups excluding carboxylic acids is 2. The molecule has 29 heavy (non-hydrogen) atoms. The summed E-state index contributed by atoms with van der Waals surface area (Å²) in [6, 6.07) is 7.37. The fraction of sp³-hybridized carbons (Fsp3) is 0.500. The first-order valence-electron chi connectivity index (χ1n) is 10.5. The Bertz CT molecular complexity index is 837. The molecule has 0 saturated carbocycles. The molecular weight excluding hydrogens is 366 g/mol. The summed E-state index contributed by atoms with van der Waals surface area (Å²) in [6.45, 7) is 7.45. The summed E-state index contributed by atoms with van der Waals surface area (Å²) < 4.78 is 1.69. The number of hydrogen-bond donors (Lipinski definition) is 2. The second-order valence-electron chi connectivity index (χ2n) is 7.54. The molecule has 1 aromatic carbocycles. The maximum Gasteiger partial charge on any atom is 0.251 e. The number of hydrogen-bond acceptors (Lipinski definition) is 4. The SMILES string of the molecule is CCC(=O)Nc1cn(-c2cccc(C(=O)NCCN3CCCCCC3)c2)nc1C. The molecule has 2 N–H and O–H groups in total. The summed E-state index contributed by atoms with van der Waals surface area (Å²) in [7, 11) is 0. The molecule has 0 aliphatic carbocycles. The van der Waals surface area contributed by atoms with Crippen LogP contribution < -0.4 is 10.6 Å². The molecule has 0 spiro atoms. The van der Waals surface area contributed by atoms with Gasteiger partial charge in [-0.05, 0) is 51.1 Å². The van der Waals surface area contributed by atoms with Crippen LogP contribution in [-0.2, 0) is 4.79 Å². The summed E-state index contributed by atoms with van der Waals surface area (Å²) in [4.78, 5) is 26.7. The lowest BCUT2D eigenvalue weighted by Crippen LogP contribution is -2.35.